The Labute approximate surface area is 81.4 Å². The Morgan fingerprint density at radius 2 is 1.93 bits per heavy atom. The highest BCUT2D eigenvalue weighted by Gasteiger charge is 1.87. The maximum atomic E-state index is 8.36. The highest BCUT2D eigenvalue weighted by atomic mass is 16.9. The summed E-state index contributed by atoms with van der Waals surface area (Å²) in [5, 5.41) is 13.6. The van der Waals surface area contributed by atoms with Crippen LogP contribution in [0.3, 0.4) is 0 Å². The summed E-state index contributed by atoms with van der Waals surface area (Å²) in [4.78, 5) is 8.36. The van der Waals surface area contributed by atoms with Crippen LogP contribution in [0.2, 0.25) is 0 Å². The fraction of sp³-hybridized carbons (Fsp3) is 0.250. The van der Waals surface area contributed by atoms with E-state index in [4.69, 9.17) is 21.2 Å². The Hall–Kier alpha value is -1.82. The second-order valence-electron chi connectivity index (χ2n) is 2.43. The Morgan fingerprint density at radius 1 is 1.50 bits per heavy atom. The second kappa shape index (κ2) is 6.67. The minimum atomic E-state index is -1.50. The highest BCUT2D eigenvalue weighted by molar-refractivity contribution is 5.43. The van der Waals surface area contributed by atoms with E-state index in [1.54, 1.807) is 0 Å². The maximum Gasteiger partial charge on any atom is 0.291 e. The summed E-state index contributed by atoms with van der Waals surface area (Å²) in [6.45, 7) is 2.13. The van der Waals surface area contributed by atoms with Gasteiger partial charge in [0.25, 0.3) is 5.09 Å². The molecule has 0 aromatic heterocycles. The van der Waals surface area contributed by atoms with Gasteiger partial charge in [-0.3, -0.25) is 5.84 Å². The molecule has 0 aliphatic rings. The smallest absolute Gasteiger partial charge is 0.291 e. The summed E-state index contributed by atoms with van der Waals surface area (Å²) in [7, 11) is 0. The number of hydrogen-bond donors (Lipinski definition) is 3. The van der Waals surface area contributed by atoms with Gasteiger partial charge in [0.2, 0.25) is 0 Å². The third kappa shape index (κ3) is 5.78. The van der Waals surface area contributed by atoms with Crippen molar-refractivity contribution in [2.45, 2.75) is 13.3 Å². The number of nitrogens with zero attached hydrogens (tertiary/aromatic N) is 1. The summed E-state index contributed by atoms with van der Waals surface area (Å²) in [6, 6.07) is 8.07. The molecule has 1 aromatic rings. The number of nitrogen functional groups attached to an aromatic ring is 1. The molecule has 0 spiro atoms. The van der Waals surface area contributed by atoms with Crippen LogP contribution >= 0.6 is 0 Å². The number of rotatable bonds is 2. The van der Waals surface area contributed by atoms with E-state index in [1.165, 1.54) is 5.56 Å². The van der Waals surface area contributed by atoms with Gasteiger partial charge in [-0.1, -0.05) is 19.1 Å². The van der Waals surface area contributed by atoms with E-state index in [9.17, 15) is 0 Å². The molecular formula is C8H13N3O3. The van der Waals surface area contributed by atoms with Gasteiger partial charge < -0.3 is 10.6 Å². The lowest BCUT2D eigenvalue weighted by atomic mass is 10.2. The van der Waals surface area contributed by atoms with E-state index in [2.05, 4.69) is 24.5 Å². The van der Waals surface area contributed by atoms with Crippen molar-refractivity contribution in [2.24, 2.45) is 5.84 Å². The van der Waals surface area contributed by atoms with Gasteiger partial charge in [0.15, 0.2) is 0 Å². The Bertz CT molecular complexity index is 247. The molecule has 0 heterocycles. The summed E-state index contributed by atoms with van der Waals surface area (Å²) in [5.41, 5.74) is 4.87. The molecular weight excluding hydrogens is 186 g/mol. The molecule has 78 valence electrons. The van der Waals surface area contributed by atoms with Crippen molar-refractivity contribution in [2.75, 3.05) is 5.43 Å². The summed E-state index contributed by atoms with van der Waals surface area (Å²) >= 11 is 0. The van der Waals surface area contributed by atoms with E-state index < -0.39 is 5.09 Å². The van der Waals surface area contributed by atoms with Crippen molar-refractivity contribution in [3.8, 4) is 0 Å². The van der Waals surface area contributed by atoms with Gasteiger partial charge in [-0.15, -0.1) is 10.1 Å². The monoisotopic (exact) mass is 199 g/mol. The number of nitrogens with one attached hydrogen (secondary N) is 1. The first-order chi connectivity index (χ1) is 6.60. The summed E-state index contributed by atoms with van der Waals surface area (Å²) in [5.74, 6) is 5.19. The molecule has 14 heavy (non-hydrogen) atoms. The van der Waals surface area contributed by atoms with Gasteiger partial charge in [0, 0.05) is 5.69 Å². The van der Waals surface area contributed by atoms with Crippen LogP contribution in [0.15, 0.2) is 24.3 Å². The third-order valence-electron chi connectivity index (χ3n) is 1.53. The van der Waals surface area contributed by atoms with Gasteiger partial charge >= 0.3 is 0 Å². The zero-order valence-corrected chi connectivity index (χ0v) is 7.80. The Kier molecular flexibility index (Phi) is 5.80. The van der Waals surface area contributed by atoms with Crippen LogP contribution in [0.25, 0.3) is 0 Å². The Morgan fingerprint density at radius 3 is 2.21 bits per heavy atom. The zero-order chi connectivity index (χ0) is 11.0. The van der Waals surface area contributed by atoms with Crippen LogP contribution in [0.4, 0.5) is 5.69 Å². The molecule has 0 fully saturated rings. The van der Waals surface area contributed by atoms with Gasteiger partial charge in [-0.2, -0.15) is 0 Å². The molecule has 1 aromatic carbocycles. The van der Waals surface area contributed by atoms with Gasteiger partial charge in [-0.05, 0) is 24.1 Å². The molecule has 0 saturated heterocycles. The van der Waals surface area contributed by atoms with Crippen LogP contribution in [0.5, 0.6) is 0 Å². The first kappa shape index (κ1) is 12.2. The van der Waals surface area contributed by atoms with Crippen molar-refractivity contribution in [1.29, 1.82) is 0 Å². The third-order valence-corrected chi connectivity index (χ3v) is 1.53. The highest BCUT2D eigenvalue weighted by Crippen LogP contribution is 2.07. The van der Waals surface area contributed by atoms with E-state index >= 15 is 0 Å². The van der Waals surface area contributed by atoms with E-state index in [1.807, 2.05) is 12.1 Å². The molecule has 1 rings (SSSR count). The molecule has 0 aliphatic heterocycles. The Balaban J connectivity index is 0.000000364. The van der Waals surface area contributed by atoms with Crippen molar-refractivity contribution in [3.05, 3.63) is 39.9 Å². The molecule has 6 heteroatoms. The number of anilines is 1. The fourth-order valence-corrected chi connectivity index (χ4v) is 0.837. The molecule has 0 amide bonds. The molecule has 0 bridgehead atoms. The van der Waals surface area contributed by atoms with Crippen molar-refractivity contribution in [1.82, 2.24) is 0 Å². The van der Waals surface area contributed by atoms with E-state index in [-0.39, 0.29) is 0 Å². The average molecular weight is 199 g/mol. The van der Waals surface area contributed by atoms with Crippen molar-refractivity contribution < 1.29 is 10.3 Å². The molecule has 0 radical (unpaired) electrons. The van der Waals surface area contributed by atoms with Crippen molar-refractivity contribution >= 4 is 5.69 Å². The lowest BCUT2D eigenvalue weighted by Gasteiger charge is -1.99. The van der Waals surface area contributed by atoms with Crippen LogP contribution < -0.4 is 11.3 Å². The minimum Gasteiger partial charge on any atom is -0.328 e. The molecule has 0 atom stereocenters. The van der Waals surface area contributed by atoms with Gasteiger partial charge in [0.05, 0.1) is 0 Å². The predicted molar refractivity (Wildman–Crippen MR) is 52.4 cm³/mol. The van der Waals surface area contributed by atoms with Gasteiger partial charge in [-0.25, -0.2) is 0 Å². The number of hydrazine groups is 1. The maximum absolute atomic E-state index is 8.36. The van der Waals surface area contributed by atoms with Crippen LogP contribution in [-0.2, 0) is 6.42 Å². The summed E-state index contributed by atoms with van der Waals surface area (Å²) in [6.07, 6.45) is 1.07. The standard InChI is InChI=1S/C8H12N2.HNO3/c1-2-7-3-5-8(10-9)6-4-7;2-1(3)4/h3-6,10H,2,9H2,1H3;(H,2,3,4). The lowest BCUT2D eigenvalue weighted by molar-refractivity contribution is -0.742. The van der Waals surface area contributed by atoms with E-state index in [0.717, 1.165) is 12.1 Å². The number of hydrogen-bond acceptors (Lipinski definition) is 4. The van der Waals surface area contributed by atoms with E-state index in [0.29, 0.717) is 0 Å². The average Bonchev–Trinajstić information content (AvgIpc) is 2.17. The first-order valence-electron chi connectivity index (χ1n) is 3.99. The zero-order valence-electron chi connectivity index (χ0n) is 7.80. The van der Waals surface area contributed by atoms with Gasteiger partial charge in [0.1, 0.15) is 0 Å². The molecule has 4 N–H and O–H groups in total. The fourth-order valence-electron chi connectivity index (χ4n) is 0.837. The summed E-state index contributed by atoms with van der Waals surface area (Å²) < 4.78 is 0. The molecule has 6 nitrogen and oxygen atoms in total. The number of benzene rings is 1. The van der Waals surface area contributed by atoms with Crippen molar-refractivity contribution in [3.63, 3.8) is 0 Å². The quantitative estimate of drug-likeness (QED) is 0.377. The normalized spacial score (nSPS) is 8.43. The SMILES string of the molecule is CCc1ccc(NN)cc1.O=[N+]([O-])O. The molecule has 0 unspecified atom stereocenters. The number of aryl methyl sites for hydroxylation is 1. The lowest BCUT2D eigenvalue weighted by Crippen LogP contribution is -2.06. The van der Waals surface area contributed by atoms with Crippen LogP contribution in [0.1, 0.15) is 12.5 Å². The molecule has 0 aliphatic carbocycles. The minimum absolute atomic E-state index is 0.956. The van der Waals surface area contributed by atoms with Crippen LogP contribution in [-0.4, -0.2) is 10.3 Å². The second-order valence-corrected chi connectivity index (χ2v) is 2.43. The molecule has 0 saturated carbocycles. The largest absolute Gasteiger partial charge is 0.328 e. The predicted octanol–water partition coefficient (Wildman–Crippen LogP) is 1.19. The topological polar surface area (TPSA) is 101 Å². The van der Waals surface area contributed by atoms with Crippen LogP contribution in [0, 0.1) is 10.1 Å². The first-order valence-corrected chi connectivity index (χ1v) is 3.99. The number of nitrogens with two attached hydrogens (primary N) is 1.